The van der Waals surface area contributed by atoms with E-state index in [9.17, 15) is 10.2 Å². The largest absolute Gasteiger partial charge is 0.504 e. The molecule has 0 spiro atoms. The molecule has 2 rings (SSSR count). The minimum atomic E-state index is -0.0815. The summed E-state index contributed by atoms with van der Waals surface area (Å²) in [6.45, 7) is 1.87. The molecule has 0 bridgehead atoms. The Hall–Kier alpha value is -1.55. The molecule has 4 heteroatoms. The number of phenolic OH excluding ortho intramolecular Hbond substituents is 2. The molecule has 3 nitrogen and oxygen atoms in total. The summed E-state index contributed by atoms with van der Waals surface area (Å²) < 4.78 is 5.19. The summed E-state index contributed by atoms with van der Waals surface area (Å²) in [6, 6.07) is 7.07. The van der Waals surface area contributed by atoms with Gasteiger partial charge in [-0.3, -0.25) is 0 Å². The molecule has 0 aliphatic carbocycles. The summed E-state index contributed by atoms with van der Waals surface area (Å²) in [4.78, 5) is 0.661. The molecule has 1 aromatic carbocycles. The van der Waals surface area contributed by atoms with E-state index in [0.717, 1.165) is 11.3 Å². The van der Waals surface area contributed by atoms with Crippen LogP contribution < -0.4 is 0 Å². The molecule has 0 saturated carbocycles. The van der Waals surface area contributed by atoms with Crippen LogP contribution in [0.4, 0.5) is 0 Å². The van der Waals surface area contributed by atoms with Crippen LogP contribution in [0.15, 0.2) is 39.8 Å². The Kier molecular flexibility index (Phi) is 3.10. The van der Waals surface area contributed by atoms with Crippen molar-refractivity contribution >= 4 is 11.8 Å². The first kappa shape index (κ1) is 11.0. The van der Waals surface area contributed by atoms with Gasteiger partial charge in [0.05, 0.1) is 16.9 Å². The van der Waals surface area contributed by atoms with Gasteiger partial charge in [-0.15, -0.1) is 11.8 Å². The lowest BCUT2D eigenvalue weighted by molar-refractivity contribution is 0.394. The Morgan fingerprint density at radius 1 is 1.31 bits per heavy atom. The van der Waals surface area contributed by atoms with Crippen LogP contribution in [0.25, 0.3) is 0 Å². The number of rotatable bonds is 3. The average Bonchev–Trinajstić information content (AvgIpc) is 2.74. The minimum Gasteiger partial charge on any atom is -0.504 e. The molecule has 0 unspecified atom stereocenters. The highest BCUT2D eigenvalue weighted by Gasteiger charge is 2.09. The third-order valence-electron chi connectivity index (χ3n) is 2.15. The Morgan fingerprint density at radius 3 is 2.81 bits per heavy atom. The van der Waals surface area contributed by atoms with Crippen LogP contribution in [0, 0.1) is 6.92 Å². The number of aryl methyl sites for hydroxylation is 1. The molecular weight excluding hydrogens is 224 g/mol. The van der Waals surface area contributed by atoms with E-state index in [0.29, 0.717) is 10.6 Å². The predicted octanol–water partition coefficient (Wildman–Crippen LogP) is 3.29. The lowest BCUT2D eigenvalue weighted by atomic mass is 10.2. The molecule has 2 aromatic rings. The van der Waals surface area contributed by atoms with Crippen LogP contribution >= 0.6 is 11.8 Å². The number of thioether (sulfide) groups is 1. The van der Waals surface area contributed by atoms with E-state index < -0.39 is 0 Å². The first-order valence-electron chi connectivity index (χ1n) is 4.84. The first-order valence-corrected chi connectivity index (χ1v) is 5.83. The third kappa shape index (κ3) is 2.33. The maximum absolute atomic E-state index is 9.65. The third-order valence-corrected chi connectivity index (χ3v) is 3.20. The highest BCUT2D eigenvalue weighted by Crippen LogP contribution is 2.38. The molecule has 1 heterocycles. The monoisotopic (exact) mass is 236 g/mol. The van der Waals surface area contributed by atoms with Crippen molar-refractivity contribution < 1.29 is 14.6 Å². The van der Waals surface area contributed by atoms with Crippen LogP contribution in [0.3, 0.4) is 0 Å². The van der Waals surface area contributed by atoms with Crippen LogP contribution in [-0.4, -0.2) is 10.2 Å². The highest BCUT2D eigenvalue weighted by molar-refractivity contribution is 7.98. The van der Waals surface area contributed by atoms with Crippen LogP contribution in [0.2, 0.25) is 0 Å². The Balaban J connectivity index is 2.15. The SMILES string of the molecule is Cc1cc(O)c(O)c(SCc2ccco2)c1. The highest BCUT2D eigenvalue weighted by atomic mass is 32.2. The van der Waals surface area contributed by atoms with Crippen molar-refractivity contribution in [2.75, 3.05) is 0 Å². The fourth-order valence-corrected chi connectivity index (χ4v) is 2.35. The van der Waals surface area contributed by atoms with Crippen molar-refractivity contribution in [3.8, 4) is 11.5 Å². The molecule has 0 saturated heterocycles. The van der Waals surface area contributed by atoms with Crippen molar-refractivity contribution in [3.63, 3.8) is 0 Å². The molecular formula is C12H12O3S. The first-order chi connectivity index (χ1) is 7.66. The lowest BCUT2D eigenvalue weighted by Gasteiger charge is -2.06. The molecule has 1 aromatic heterocycles. The molecule has 16 heavy (non-hydrogen) atoms. The van der Waals surface area contributed by atoms with E-state index >= 15 is 0 Å². The van der Waals surface area contributed by atoms with E-state index in [2.05, 4.69) is 0 Å². The number of benzene rings is 1. The van der Waals surface area contributed by atoms with Gasteiger partial charge in [-0.2, -0.15) is 0 Å². The molecule has 0 atom stereocenters. The van der Waals surface area contributed by atoms with E-state index in [1.54, 1.807) is 6.26 Å². The fraction of sp³-hybridized carbons (Fsp3) is 0.167. The topological polar surface area (TPSA) is 53.6 Å². The van der Waals surface area contributed by atoms with Gasteiger partial charge in [-0.1, -0.05) is 0 Å². The zero-order valence-corrected chi connectivity index (χ0v) is 9.62. The quantitative estimate of drug-likeness (QED) is 0.634. The summed E-state index contributed by atoms with van der Waals surface area (Å²) in [5, 5.41) is 19.1. The van der Waals surface area contributed by atoms with Crippen molar-refractivity contribution in [2.24, 2.45) is 0 Å². The van der Waals surface area contributed by atoms with E-state index in [-0.39, 0.29) is 11.5 Å². The molecule has 0 radical (unpaired) electrons. The number of phenols is 2. The fourth-order valence-electron chi connectivity index (χ4n) is 1.38. The van der Waals surface area contributed by atoms with Crippen LogP contribution in [0.5, 0.6) is 11.5 Å². The predicted molar refractivity (Wildman–Crippen MR) is 62.8 cm³/mol. The Morgan fingerprint density at radius 2 is 2.12 bits per heavy atom. The molecule has 0 fully saturated rings. The summed E-state index contributed by atoms with van der Waals surface area (Å²) in [6.07, 6.45) is 1.61. The maximum Gasteiger partial charge on any atom is 0.171 e. The van der Waals surface area contributed by atoms with Crippen molar-refractivity contribution in [3.05, 3.63) is 41.9 Å². The number of aromatic hydroxyl groups is 2. The molecule has 2 N–H and O–H groups in total. The van der Waals surface area contributed by atoms with Gasteiger partial charge in [0, 0.05) is 0 Å². The second-order valence-corrected chi connectivity index (χ2v) is 4.52. The van der Waals surface area contributed by atoms with Gasteiger partial charge in [0.2, 0.25) is 0 Å². The van der Waals surface area contributed by atoms with Crippen molar-refractivity contribution in [1.29, 1.82) is 0 Å². The summed E-state index contributed by atoms with van der Waals surface area (Å²) in [7, 11) is 0. The zero-order valence-electron chi connectivity index (χ0n) is 8.80. The maximum atomic E-state index is 9.65. The van der Waals surface area contributed by atoms with E-state index in [1.807, 2.05) is 25.1 Å². The van der Waals surface area contributed by atoms with E-state index in [1.165, 1.54) is 17.8 Å². The van der Waals surface area contributed by atoms with Gasteiger partial charge in [0.1, 0.15) is 5.76 Å². The van der Waals surface area contributed by atoms with Crippen LogP contribution in [0.1, 0.15) is 11.3 Å². The number of hydrogen-bond acceptors (Lipinski definition) is 4. The van der Waals surface area contributed by atoms with Gasteiger partial charge < -0.3 is 14.6 Å². The molecule has 0 aliphatic heterocycles. The lowest BCUT2D eigenvalue weighted by Crippen LogP contribution is -1.81. The van der Waals surface area contributed by atoms with Gasteiger partial charge in [-0.05, 0) is 36.8 Å². The van der Waals surface area contributed by atoms with E-state index in [4.69, 9.17) is 4.42 Å². The van der Waals surface area contributed by atoms with Gasteiger partial charge in [-0.25, -0.2) is 0 Å². The van der Waals surface area contributed by atoms with Crippen LogP contribution in [-0.2, 0) is 5.75 Å². The number of hydrogen-bond donors (Lipinski definition) is 2. The second kappa shape index (κ2) is 4.53. The smallest absolute Gasteiger partial charge is 0.171 e. The molecule has 0 amide bonds. The molecule has 0 aliphatic rings. The summed E-state index contributed by atoms with van der Waals surface area (Å²) in [5.74, 6) is 1.32. The average molecular weight is 236 g/mol. The zero-order chi connectivity index (χ0) is 11.5. The summed E-state index contributed by atoms with van der Waals surface area (Å²) >= 11 is 1.43. The van der Waals surface area contributed by atoms with Gasteiger partial charge in [0.25, 0.3) is 0 Å². The second-order valence-electron chi connectivity index (χ2n) is 3.50. The minimum absolute atomic E-state index is 0.0674. The summed E-state index contributed by atoms with van der Waals surface area (Å²) in [5.41, 5.74) is 0.914. The van der Waals surface area contributed by atoms with Gasteiger partial charge in [0.15, 0.2) is 11.5 Å². The van der Waals surface area contributed by atoms with Crippen molar-refractivity contribution in [2.45, 2.75) is 17.6 Å². The standard InChI is InChI=1S/C12H12O3S/c1-8-5-10(13)12(14)11(6-8)16-7-9-3-2-4-15-9/h2-6,13-14H,7H2,1H3. The van der Waals surface area contributed by atoms with Crippen molar-refractivity contribution in [1.82, 2.24) is 0 Å². The Bertz CT molecular complexity index is 477. The Labute approximate surface area is 97.7 Å². The van der Waals surface area contributed by atoms with Gasteiger partial charge >= 0.3 is 0 Å². The molecule has 84 valence electrons. The normalized spacial score (nSPS) is 10.6. The number of furan rings is 1.